The molecule has 6 rings (SSSR count). The van der Waals surface area contributed by atoms with E-state index in [1.165, 1.54) is 0 Å². The second kappa shape index (κ2) is 11.2. The molecule has 0 saturated heterocycles. The molecule has 0 saturated carbocycles. The first-order chi connectivity index (χ1) is 19.9. The van der Waals surface area contributed by atoms with E-state index in [0.29, 0.717) is 42.6 Å². The molecule has 206 valence electrons. The van der Waals surface area contributed by atoms with E-state index in [4.69, 9.17) is 14.2 Å². The maximum absolute atomic E-state index is 13.5. The number of benzene rings is 4. The number of fused-ring (bicyclic) bond motifs is 2. The molecule has 0 aromatic heterocycles. The molecule has 0 aliphatic carbocycles. The van der Waals surface area contributed by atoms with Crippen LogP contribution in [0.25, 0.3) is 6.08 Å². The van der Waals surface area contributed by atoms with Crippen molar-refractivity contribution in [3.05, 3.63) is 125 Å². The second-order valence-electron chi connectivity index (χ2n) is 10.2. The Bertz CT molecular complexity index is 1630. The fraction of sp³-hybridized carbons (Fsp3) is 0.176. The Morgan fingerprint density at radius 1 is 0.902 bits per heavy atom. The number of carbonyl (C=O) groups excluding carboxylic acids is 2. The monoisotopic (exact) mass is 546 g/mol. The number of hydrogen-bond donors (Lipinski definition) is 1. The van der Waals surface area contributed by atoms with Crippen LogP contribution in [0.3, 0.4) is 0 Å². The molecule has 2 aliphatic heterocycles. The Labute approximate surface area is 239 Å². The summed E-state index contributed by atoms with van der Waals surface area (Å²) in [5.41, 5.74) is 5.11. The summed E-state index contributed by atoms with van der Waals surface area (Å²) in [7, 11) is 0. The maximum Gasteiger partial charge on any atom is 0.294 e. The molecule has 41 heavy (non-hydrogen) atoms. The number of nitrogens with one attached hydrogen (secondary N) is 1. The summed E-state index contributed by atoms with van der Waals surface area (Å²) in [6.07, 6.45) is 1.71. The molecule has 1 N–H and O–H groups in total. The van der Waals surface area contributed by atoms with E-state index in [9.17, 15) is 9.59 Å². The minimum atomic E-state index is -0.229. The lowest BCUT2D eigenvalue weighted by atomic mass is 10.1. The van der Waals surface area contributed by atoms with Crippen molar-refractivity contribution in [3.8, 4) is 17.2 Å². The lowest BCUT2D eigenvalue weighted by Gasteiger charge is -2.30. The summed E-state index contributed by atoms with van der Waals surface area (Å²) in [5, 5.41) is 3.03. The second-order valence-corrected chi connectivity index (χ2v) is 10.2. The van der Waals surface area contributed by atoms with Crippen molar-refractivity contribution in [2.75, 3.05) is 18.1 Å². The maximum atomic E-state index is 13.5. The van der Waals surface area contributed by atoms with Crippen molar-refractivity contribution in [2.45, 2.75) is 26.4 Å². The SMILES string of the molecule is Cc1ccc(CN2C(=O)/C(=C\c3ccc(C(=O)N[C@@H](C)c4ccc5c(c4)OCCO5)cc3)Oc3ccccc32)cc1. The van der Waals surface area contributed by atoms with Gasteiger partial charge in [0.25, 0.3) is 11.8 Å². The lowest BCUT2D eigenvalue weighted by molar-refractivity contribution is -0.117. The van der Waals surface area contributed by atoms with Crippen molar-refractivity contribution >= 4 is 23.6 Å². The minimum absolute atomic E-state index is 0.199. The molecule has 2 amide bonds. The lowest BCUT2D eigenvalue weighted by Crippen LogP contribution is -2.36. The summed E-state index contributed by atoms with van der Waals surface area (Å²) in [5.74, 6) is 1.82. The molecule has 1 atom stereocenters. The Morgan fingerprint density at radius 3 is 2.41 bits per heavy atom. The number of aryl methyl sites for hydroxylation is 1. The van der Waals surface area contributed by atoms with Crippen LogP contribution in [0.1, 0.15) is 45.6 Å². The molecule has 0 fully saturated rings. The third-order valence-corrected chi connectivity index (χ3v) is 7.18. The van der Waals surface area contributed by atoms with E-state index in [-0.39, 0.29) is 23.6 Å². The average Bonchev–Trinajstić information content (AvgIpc) is 3.00. The Hall–Kier alpha value is -5.04. The van der Waals surface area contributed by atoms with Gasteiger partial charge in [-0.15, -0.1) is 0 Å². The standard InChI is InChI=1S/C34H30N2O5/c1-22-7-9-25(10-8-22)21-36-28-5-3-4-6-29(28)41-32(34(36)38)19-24-11-13-26(14-12-24)33(37)35-23(2)27-15-16-30-31(20-27)40-18-17-39-30/h3-16,19-20,23H,17-18,21H2,1-2H3,(H,35,37)/b32-19+/t23-/m0/s1. The zero-order valence-electron chi connectivity index (χ0n) is 22.9. The van der Waals surface area contributed by atoms with Crippen molar-refractivity contribution in [3.63, 3.8) is 0 Å². The predicted octanol–water partition coefficient (Wildman–Crippen LogP) is 6.22. The molecule has 4 aromatic carbocycles. The molecule has 4 aromatic rings. The molecule has 0 unspecified atom stereocenters. The van der Waals surface area contributed by atoms with Gasteiger partial charge in [0.15, 0.2) is 23.0 Å². The van der Waals surface area contributed by atoms with Crippen LogP contribution in [0.4, 0.5) is 5.69 Å². The van der Waals surface area contributed by atoms with Crippen LogP contribution in [-0.4, -0.2) is 25.0 Å². The van der Waals surface area contributed by atoms with Gasteiger partial charge in [-0.05, 0) is 73.0 Å². The molecule has 0 radical (unpaired) electrons. The summed E-state index contributed by atoms with van der Waals surface area (Å²) >= 11 is 0. The first-order valence-electron chi connectivity index (χ1n) is 13.6. The van der Waals surface area contributed by atoms with Gasteiger partial charge >= 0.3 is 0 Å². The molecule has 2 aliphatic rings. The third-order valence-electron chi connectivity index (χ3n) is 7.18. The summed E-state index contributed by atoms with van der Waals surface area (Å²) in [4.78, 5) is 28.2. The van der Waals surface area contributed by atoms with Crippen LogP contribution in [0.5, 0.6) is 17.2 Å². The van der Waals surface area contributed by atoms with Crippen LogP contribution >= 0.6 is 0 Å². The number of anilines is 1. The van der Waals surface area contributed by atoms with E-state index in [2.05, 4.69) is 5.32 Å². The van der Waals surface area contributed by atoms with Crippen LogP contribution in [0.15, 0.2) is 96.8 Å². The van der Waals surface area contributed by atoms with Crippen LogP contribution < -0.4 is 24.4 Å². The van der Waals surface area contributed by atoms with Gasteiger partial charge in [0, 0.05) is 5.56 Å². The van der Waals surface area contributed by atoms with E-state index in [1.54, 1.807) is 35.2 Å². The zero-order valence-corrected chi connectivity index (χ0v) is 22.9. The molecule has 7 nitrogen and oxygen atoms in total. The number of carbonyl (C=O) groups is 2. The van der Waals surface area contributed by atoms with Crippen molar-refractivity contribution in [2.24, 2.45) is 0 Å². The highest BCUT2D eigenvalue weighted by Gasteiger charge is 2.30. The summed E-state index contributed by atoms with van der Waals surface area (Å²) in [6.45, 7) is 5.43. The fourth-order valence-electron chi connectivity index (χ4n) is 4.87. The van der Waals surface area contributed by atoms with Gasteiger partial charge in [0.05, 0.1) is 18.3 Å². The number of para-hydroxylation sites is 2. The van der Waals surface area contributed by atoms with Gasteiger partial charge in [-0.25, -0.2) is 0 Å². The quantitative estimate of drug-likeness (QED) is 0.291. The van der Waals surface area contributed by atoms with Crippen molar-refractivity contribution in [1.82, 2.24) is 5.32 Å². The van der Waals surface area contributed by atoms with Gasteiger partial charge in [-0.2, -0.15) is 0 Å². The highest BCUT2D eigenvalue weighted by molar-refractivity contribution is 6.09. The Balaban J connectivity index is 1.17. The van der Waals surface area contributed by atoms with Gasteiger partial charge in [-0.3, -0.25) is 14.5 Å². The van der Waals surface area contributed by atoms with Crippen molar-refractivity contribution in [1.29, 1.82) is 0 Å². The van der Waals surface area contributed by atoms with Crippen LogP contribution in [0.2, 0.25) is 0 Å². The van der Waals surface area contributed by atoms with E-state index < -0.39 is 0 Å². The summed E-state index contributed by atoms with van der Waals surface area (Å²) < 4.78 is 17.3. The number of hydrogen-bond acceptors (Lipinski definition) is 5. The highest BCUT2D eigenvalue weighted by atomic mass is 16.6. The van der Waals surface area contributed by atoms with Crippen LogP contribution in [-0.2, 0) is 11.3 Å². The van der Waals surface area contributed by atoms with E-state index in [0.717, 1.165) is 27.9 Å². The number of ether oxygens (including phenoxy) is 3. The predicted molar refractivity (Wildman–Crippen MR) is 157 cm³/mol. The van der Waals surface area contributed by atoms with E-state index in [1.807, 2.05) is 80.6 Å². The highest BCUT2D eigenvalue weighted by Crippen LogP contribution is 2.37. The molecular formula is C34H30N2O5. The Morgan fingerprint density at radius 2 is 1.63 bits per heavy atom. The van der Waals surface area contributed by atoms with Gasteiger partial charge < -0.3 is 19.5 Å². The van der Waals surface area contributed by atoms with E-state index >= 15 is 0 Å². The topological polar surface area (TPSA) is 77.1 Å². The van der Waals surface area contributed by atoms with Gasteiger partial charge in [-0.1, -0.05) is 60.2 Å². The third kappa shape index (κ3) is 5.65. The first kappa shape index (κ1) is 26.2. The minimum Gasteiger partial charge on any atom is -0.486 e. The largest absolute Gasteiger partial charge is 0.486 e. The number of rotatable bonds is 6. The smallest absolute Gasteiger partial charge is 0.294 e. The normalized spacial score (nSPS) is 15.6. The number of amides is 2. The first-order valence-corrected chi connectivity index (χ1v) is 13.6. The molecule has 0 bridgehead atoms. The van der Waals surface area contributed by atoms with Gasteiger partial charge in [0.1, 0.15) is 13.2 Å². The molecule has 2 heterocycles. The molecule has 0 spiro atoms. The van der Waals surface area contributed by atoms with Gasteiger partial charge in [0.2, 0.25) is 0 Å². The summed E-state index contributed by atoms with van der Waals surface area (Å²) in [6, 6.07) is 28.2. The molecular weight excluding hydrogens is 516 g/mol. The van der Waals surface area contributed by atoms with Crippen LogP contribution in [0, 0.1) is 6.92 Å². The average molecular weight is 547 g/mol. The van der Waals surface area contributed by atoms with Crippen molar-refractivity contribution < 1.29 is 23.8 Å². The number of nitrogens with zero attached hydrogens (tertiary/aromatic N) is 1. The Kier molecular flexibility index (Phi) is 7.17. The molecule has 7 heteroatoms. The fourth-order valence-corrected chi connectivity index (χ4v) is 4.87. The zero-order chi connectivity index (χ0) is 28.3.